The van der Waals surface area contributed by atoms with Crippen LogP contribution in [0.2, 0.25) is 0 Å². The van der Waals surface area contributed by atoms with E-state index in [1.807, 2.05) is 6.07 Å². The first-order valence-electron chi connectivity index (χ1n) is 8.70. The third kappa shape index (κ3) is 4.45. The topological polar surface area (TPSA) is 64.1 Å². The molecule has 1 fully saturated rings. The third-order valence-corrected chi connectivity index (χ3v) is 6.60. The van der Waals surface area contributed by atoms with E-state index in [9.17, 15) is 9.18 Å². The number of ether oxygens (including phenoxy) is 1. The van der Waals surface area contributed by atoms with Gasteiger partial charge in [-0.2, -0.15) is 0 Å². The zero-order valence-electron chi connectivity index (χ0n) is 14.5. The highest BCUT2D eigenvalue weighted by atomic mass is 32.2. The Morgan fingerprint density at radius 3 is 2.96 bits per heavy atom. The highest BCUT2D eigenvalue weighted by Crippen LogP contribution is 2.36. The summed E-state index contributed by atoms with van der Waals surface area (Å²) in [6, 6.07) is 8.35. The van der Waals surface area contributed by atoms with E-state index in [1.54, 1.807) is 23.5 Å². The molecule has 1 atom stereocenters. The van der Waals surface area contributed by atoms with Gasteiger partial charge in [-0.05, 0) is 36.6 Å². The Kier molecular flexibility index (Phi) is 5.66. The molecule has 0 spiro atoms. The summed E-state index contributed by atoms with van der Waals surface area (Å²) in [4.78, 5) is 21.8. The first kappa shape index (κ1) is 18.3. The molecule has 0 unspecified atom stereocenters. The molecular formula is C19H18FN3O2S2. The maximum atomic E-state index is 13.1. The van der Waals surface area contributed by atoms with E-state index in [0.717, 1.165) is 45.1 Å². The first-order chi connectivity index (χ1) is 13.2. The largest absolute Gasteiger partial charge is 0.376 e. The first-order valence-corrected chi connectivity index (χ1v) is 10.5. The molecule has 0 bridgehead atoms. The Morgan fingerprint density at radius 1 is 1.33 bits per heavy atom. The average molecular weight is 404 g/mol. The molecule has 0 radical (unpaired) electrons. The number of aromatic nitrogens is 2. The van der Waals surface area contributed by atoms with Gasteiger partial charge in [0, 0.05) is 18.0 Å². The molecule has 4 rings (SSSR count). The molecule has 27 heavy (non-hydrogen) atoms. The van der Waals surface area contributed by atoms with Gasteiger partial charge in [0.25, 0.3) is 0 Å². The minimum Gasteiger partial charge on any atom is -0.376 e. The van der Waals surface area contributed by atoms with Gasteiger partial charge in [0.2, 0.25) is 5.91 Å². The van der Waals surface area contributed by atoms with Gasteiger partial charge in [-0.3, -0.25) is 4.79 Å². The van der Waals surface area contributed by atoms with Crippen molar-refractivity contribution >= 4 is 39.2 Å². The molecule has 0 saturated carbocycles. The molecule has 8 heteroatoms. The van der Waals surface area contributed by atoms with Crippen LogP contribution in [0.5, 0.6) is 0 Å². The number of carbonyl (C=O) groups is 1. The van der Waals surface area contributed by atoms with E-state index < -0.39 is 0 Å². The maximum absolute atomic E-state index is 13.1. The van der Waals surface area contributed by atoms with E-state index >= 15 is 0 Å². The maximum Gasteiger partial charge on any atom is 0.230 e. The van der Waals surface area contributed by atoms with Crippen molar-refractivity contribution in [3.63, 3.8) is 0 Å². The lowest BCUT2D eigenvalue weighted by Crippen LogP contribution is -2.32. The van der Waals surface area contributed by atoms with Crippen LogP contribution in [0.4, 0.5) is 4.39 Å². The summed E-state index contributed by atoms with van der Waals surface area (Å²) in [5.41, 5.74) is 1.77. The normalized spacial score (nSPS) is 16.7. The number of carbonyl (C=O) groups excluding carboxylic acids is 1. The SMILES string of the molecule is O=C(CSc1ncnc2cc(-c3ccc(F)cc3)sc12)NC[C@H]1CCCO1. The molecule has 1 amide bonds. The predicted molar refractivity (Wildman–Crippen MR) is 106 cm³/mol. The summed E-state index contributed by atoms with van der Waals surface area (Å²) in [7, 11) is 0. The van der Waals surface area contributed by atoms with Gasteiger partial charge in [0.1, 0.15) is 17.2 Å². The molecule has 1 aliphatic rings. The highest BCUT2D eigenvalue weighted by Gasteiger charge is 2.17. The fraction of sp³-hybridized carbons (Fsp3) is 0.316. The van der Waals surface area contributed by atoms with E-state index in [1.165, 1.54) is 30.2 Å². The van der Waals surface area contributed by atoms with Crippen LogP contribution in [-0.2, 0) is 9.53 Å². The number of amides is 1. The van der Waals surface area contributed by atoms with Gasteiger partial charge in [-0.25, -0.2) is 14.4 Å². The molecular weight excluding hydrogens is 385 g/mol. The Morgan fingerprint density at radius 2 is 2.19 bits per heavy atom. The average Bonchev–Trinajstić information content (AvgIpc) is 3.35. The van der Waals surface area contributed by atoms with Crippen LogP contribution in [0.25, 0.3) is 20.7 Å². The molecule has 2 aromatic heterocycles. The van der Waals surface area contributed by atoms with Gasteiger partial charge < -0.3 is 10.1 Å². The van der Waals surface area contributed by atoms with E-state index in [-0.39, 0.29) is 17.8 Å². The van der Waals surface area contributed by atoms with Crippen molar-refractivity contribution in [2.24, 2.45) is 0 Å². The molecule has 3 aromatic rings. The van der Waals surface area contributed by atoms with E-state index in [4.69, 9.17) is 4.74 Å². The fourth-order valence-electron chi connectivity index (χ4n) is 2.91. The zero-order valence-corrected chi connectivity index (χ0v) is 16.1. The summed E-state index contributed by atoms with van der Waals surface area (Å²) in [5, 5.41) is 3.70. The van der Waals surface area contributed by atoms with Crippen molar-refractivity contribution in [1.29, 1.82) is 0 Å². The van der Waals surface area contributed by atoms with E-state index in [0.29, 0.717) is 12.3 Å². The molecule has 140 valence electrons. The number of halogens is 1. The second-order valence-corrected chi connectivity index (χ2v) is 8.25. The van der Waals surface area contributed by atoms with Gasteiger partial charge >= 0.3 is 0 Å². The Hall–Kier alpha value is -2.03. The minimum atomic E-state index is -0.259. The quantitative estimate of drug-likeness (QED) is 0.500. The summed E-state index contributed by atoms with van der Waals surface area (Å²) < 4.78 is 19.6. The Balaban J connectivity index is 1.43. The van der Waals surface area contributed by atoms with E-state index in [2.05, 4.69) is 15.3 Å². The molecule has 5 nitrogen and oxygen atoms in total. The van der Waals surface area contributed by atoms with Crippen LogP contribution in [-0.4, -0.2) is 40.9 Å². The van der Waals surface area contributed by atoms with Gasteiger partial charge in [0.05, 0.1) is 22.1 Å². The number of hydrogen-bond donors (Lipinski definition) is 1. The van der Waals surface area contributed by atoms with Gasteiger partial charge in [-0.1, -0.05) is 23.9 Å². The van der Waals surface area contributed by atoms with Crippen LogP contribution < -0.4 is 5.32 Å². The number of rotatable bonds is 6. The third-order valence-electron chi connectivity index (χ3n) is 4.30. The fourth-order valence-corrected chi connectivity index (χ4v) is 4.94. The molecule has 1 aromatic carbocycles. The number of thioether (sulfide) groups is 1. The lowest BCUT2D eigenvalue weighted by Gasteiger charge is -2.10. The summed E-state index contributed by atoms with van der Waals surface area (Å²) in [6.07, 6.45) is 3.71. The van der Waals surface area contributed by atoms with Crippen molar-refractivity contribution in [1.82, 2.24) is 15.3 Å². The van der Waals surface area contributed by atoms with Crippen LogP contribution in [0.1, 0.15) is 12.8 Å². The minimum absolute atomic E-state index is 0.0300. The van der Waals surface area contributed by atoms with Crippen LogP contribution in [0.15, 0.2) is 41.7 Å². The van der Waals surface area contributed by atoms with Crippen LogP contribution >= 0.6 is 23.1 Å². The molecule has 1 N–H and O–H groups in total. The van der Waals surface area contributed by atoms with Crippen molar-refractivity contribution in [3.05, 3.63) is 42.5 Å². The molecule has 1 aliphatic heterocycles. The van der Waals surface area contributed by atoms with Crippen LogP contribution in [0, 0.1) is 5.82 Å². The van der Waals surface area contributed by atoms with Crippen molar-refractivity contribution in [2.75, 3.05) is 18.9 Å². The van der Waals surface area contributed by atoms with Crippen molar-refractivity contribution < 1.29 is 13.9 Å². The molecule has 1 saturated heterocycles. The standard InChI is InChI=1S/C19H18FN3O2S2/c20-13-5-3-12(4-6-13)16-8-15-18(27-16)19(23-11-22-15)26-10-17(24)21-9-14-2-1-7-25-14/h3-6,8,11,14H,1-2,7,9-10H2,(H,21,24)/t14-/m1/s1. The lowest BCUT2D eigenvalue weighted by atomic mass is 10.2. The highest BCUT2D eigenvalue weighted by molar-refractivity contribution is 8.00. The second kappa shape index (κ2) is 8.33. The summed E-state index contributed by atoms with van der Waals surface area (Å²) >= 11 is 2.95. The van der Waals surface area contributed by atoms with Gasteiger partial charge in [-0.15, -0.1) is 11.3 Å². The van der Waals surface area contributed by atoms with Crippen molar-refractivity contribution in [2.45, 2.75) is 24.0 Å². The number of nitrogens with one attached hydrogen (secondary N) is 1. The van der Waals surface area contributed by atoms with Crippen LogP contribution in [0.3, 0.4) is 0 Å². The number of benzene rings is 1. The Bertz CT molecular complexity index is 940. The smallest absolute Gasteiger partial charge is 0.230 e. The molecule has 0 aliphatic carbocycles. The summed E-state index contributed by atoms with van der Waals surface area (Å²) in [6.45, 7) is 1.34. The molecule has 3 heterocycles. The second-order valence-electron chi connectivity index (χ2n) is 6.24. The Labute approximate surface area is 164 Å². The predicted octanol–water partition coefficient (Wildman–Crippen LogP) is 3.88. The number of hydrogen-bond acceptors (Lipinski definition) is 6. The van der Waals surface area contributed by atoms with Crippen molar-refractivity contribution in [3.8, 4) is 10.4 Å². The number of thiophene rings is 1. The van der Waals surface area contributed by atoms with Gasteiger partial charge in [0.15, 0.2) is 0 Å². The number of fused-ring (bicyclic) bond motifs is 1. The number of nitrogens with zero attached hydrogens (tertiary/aromatic N) is 2. The lowest BCUT2D eigenvalue weighted by molar-refractivity contribution is -0.119. The summed E-state index contributed by atoms with van der Waals surface area (Å²) in [5.74, 6) is 0.00490. The monoisotopic (exact) mass is 403 g/mol. The zero-order chi connectivity index (χ0) is 18.6.